The van der Waals surface area contributed by atoms with Gasteiger partial charge in [0.15, 0.2) is 0 Å². The summed E-state index contributed by atoms with van der Waals surface area (Å²) in [4.78, 5) is 10.0. The van der Waals surface area contributed by atoms with Crippen LogP contribution in [0.15, 0.2) is 42.1 Å². The van der Waals surface area contributed by atoms with E-state index in [1.54, 1.807) is 0 Å². The van der Waals surface area contributed by atoms with Crippen molar-refractivity contribution in [2.75, 3.05) is 0 Å². The van der Waals surface area contributed by atoms with E-state index in [1.807, 2.05) is 30.3 Å². The second kappa shape index (κ2) is 4.34. The highest BCUT2D eigenvalue weighted by Crippen LogP contribution is 2.02. The first kappa shape index (κ1) is 8.53. The molecule has 0 saturated heterocycles. The largest absolute Gasteiger partial charge is 0.402 e. The molecule has 0 aliphatic heterocycles. The zero-order chi connectivity index (χ0) is 8.81. The van der Waals surface area contributed by atoms with Crippen molar-refractivity contribution >= 4 is 6.29 Å². The summed E-state index contributed by atoms with van der Waals surface area (Å²) in [6.45, 7) is 0. The Kier molecular flexibility index (Phi) is 3.08. The van der Waals surface area contributed by atoms with Gasteiger partial charge in [-0.2, -0.15) is 0 Å². The van der Waals surface area contributed by atoms with Crippen molar-refractivity contribution in [3.63, 3.8) is 0 Å². The van der Waals surface area contributed by atoms with Gasteiger partial charge in [-0.3, -0.25) is 4.79 Å². The zero-order valence-electron chi connectivity index (χ0n) is 6.73. The zero-order valence-corrected chi connectivity index (χ0v) is 6.73. The molecule has 0 aliphatic carbocycles. The van der Waals surface area contributed by atoms with Crippen LogP contribution >= 0.6 is 0 Å². The number of nitrogens with two attached hydrogens (primary N) is 1. The van der Waals surface area contributed by atoms with Crippen LogP contribution in [0.3, 0.4) is 0 Å². The van der Waals surface area contributed by atoms with E-state index in [4.69, 9.17) is 5.73 Å². The lowest BCUT2D eigenvalue weighted by Gasteiger charge is -1.98. The summed E-state index contributed by atoms with van der Waals surface area (Å²) in [6, 6.07) is 9.80. The van der Waals surface area contributed by atoms with Crippen LogP contribution in [-0.4, -0.2) is 6.29 Å². The Morgan fingerprint density at radius 2 is 2.00 bits per heavy atom. The first-order valence-corrected chi connectivity index (χ1v) is 3.76. The van der Waals surface area contributed by atoms with E-state index in [0.29, 0.717) is 18.4 Å². The number of carbonyl (C=O) groups excluding carboxylic acids is 1. The minimum absolute atomic E-state index is 0.594. The van der Waals surface area contributed by atoms with Gasteiger partial charge in [-0.1, -0.05) is 30.3 Å². The maximum absolute atomic E-state index is 10.0. The van der Waals surface area contributed by atoms with Crippen molar-refractivity contribution in [3.8, 4) is 0 Å². The molecule has 0 radical (unpaired) electrons. The van der Waals surface area contributed by atoms with Crippen molar-refractivity contribution in [1.29, 1.82) is 0 Å². The number of benzene rings is 1. The highest BCUT2D eigenvalue weighted by atomic mass is 16.1. The molecule has 2 heteroatoms. The molecule has 0 unspecified atom stereocenters. The third-order valence-corrected chi connectivity index (χ3v) is 1.53. The molecule has 0 aliphatic rings. The minimum Gasteiger partial charge on any atom is -0.402 e. The van der Waals surface area contributed by atoms with Crippen LogP contribution in [0.4, 0.5) is 0 Å². The average Bonchev–Trinajstić information content (AvgIpc) is 2.06. The number of hydrogen-bond acceptors (Lipinski definition) is 2. The third-order valence-electron chi connectivity index (χ3n) is 1.53. The lowest BCUT2D eigenvalue weighted by molar-refractivity contribution is -0.104. The van der Waals surface area contributed by atoms with E-state index in [1.165, 1.54) is 6.08 Å². The van der Waals surface area contributed by atoms with Gasteiger partial charge >= 0.3 is 0 Å². The molecule has 1 aromatic rings. The number of rotatable bonds is 3. The molecular formula is C10H11NO. The monoisotopic (exact) mass is 161 g/mol. The number of allylic oxidation sites excluding steroid dienone is 2. The first-order chi connectivity index (χ1) is 5.83. The summed E-state index contributed by atoms with van der Waals surface area (Å²) in [5.74, 6) is 0. The number of hydrogen-bond donors (Lipinski definition) is 1. The van der Waals surface area contributed by atoms with Gasteiger partial charge in [-0.15, -0.1) is 0 Å². The average molecular weight is 161 g/mol. The highest BCUT2D eigenvalue weighted by Gasteiger charge is 1.92. The van der Waals surface area contributed by atoms with Gasteiger partial charge in [-0.25, -0.2) is 0 Å². The minimum atomic E-state index is 0.594. The highest BCUT2D eigenvalue weighted by molar-refractivity contribution is 5.65. The van der Waals surface area contributed by atoms with Crippen LogP contribution in [0.25, 0.3) is 0 Å². The topological polar surface area (TPSA) is 43.1 Å². The Balaban J connectivity index is 2.64. The smallest absolute Gasteiger partial charge is 0.144 e. The normalized spacial score (nSPS) is 11.2. The molecule has 0 aromatic heterocycles. The molecule has 0 spiro atoms. The van der Waals surface area contributed by atoms with Crippen LogP contribution in [-0.2, 0) is 11.2 Å². The van der Waals surface area contributed by atoms with E-state index < -0.39 is 0 Å². The summed E-state index contributed by atoms with van der Waals surface area (Å²) in [6.07, 6.45) is 2.73. The molecule has 1 rings (SSSR count). The fourth-order valence-corrected chi connectivity index (χ4v) is 0.978. The fourth-order valence-electron chi connectivity index (χ4n) is 0.978. The Labute approximate surface area is 71.7 Å². The first-order valence-electron chi connectivity index (χ1n) is 3.76. The van der Waals surface area contributed by atoms with Crippen molar-refractivity contribution in [1.82, 2.24) is 0 Å². The molecule has 0 fully saturated rings. The summed E-state index contributed by atoms with van der Waals surface area (Å²) in [7, 11) is 0. The summed E-state index contributed by atoms with van der Waals surface area (Å²) in [5.41, 5.74) is 7.26. The lowest BCUT2D eigenvalue weighted by atomic mass is 10.1. The Hall–Kier alpha value is -1.57. The summed E-state index contributed by atoms with van der Waals surface area (Å²) >= 11 is 0. The molecule has 0 amide bonds. The maximum atomic E-state index is 10.0. The van der Waals surface area contributed by atoms with Crippen LogP contribution < -0.4 is 5.73 Å². The second-order valence-electron chi connectivity index (χ2n) is 2.54. The molecule has 0 heterocycles. The fraction of sp³-hybridized carbons (Fsp3) is 0.100. The van der Waals surface area contributed by atoms with Crippen molar-refractivity contribution in [2.45, 2.75) is 6.42 Å². The molecule has 0 saturated carbocycles. The molecule has 0 bridgehead atoms. The van der Waals surface area contributed by atoms with Crippen molar-refractivity contribution in [2.24, 2.45) is 5.73 Å². The van der Waals surface area contributed by atoms with E-state index >= 15 is 0 Å². The summed E-state index contributed by atoms with van der Waals surface area (Å²) < 4.78 is 0. The van der Waals surface area contributed by atoms with Gasteiger partial charge in [0.05, 0.1) is 0 Å². The molecule has 1 aromatic carbocycles. The SMILES string of the molecule is N/C(=C\C=O)Cc1ccccc1. The third kappa shape index (κ3) is 2.58. The van der Waals surface area contributed by atoms with E-state index in [0.717, 1.165) is 5.56 Å². The van der Waals surface area contributed by atoms with Crippen LogP contribution in [0, 0.1) is 0 Å². The van der Waals surface area contributed by atoms with Crippen molar-refractivity contribution < 1.29 is 4.79 Å². The molecule has 12 heavy (non-hydrogen) atoms. The van der Waals surface area contributed by atoms with Crippen LogP contribution in [0.5, 0.6) is 0 Å². The van der Waals surface area contributed by atoms with Gasteiger partial charge in [0.25, 0.3) is 0 Å². The molecule has 62 valence electrons. The second-order valence-corrected chi connectivity index (χ2v) is 2.54. The summed E-state index contributed by atoms with van der Waals surface area (Å²) in [5, 5.41) is 0. The lowest BCUT2D eigenvalue weighted by Crippen LogP contribution is -2.01. The Morgan fingerprint density at radius 1 is 1.33 bits per heavy atom. The number of carbonyl (C=O) groups is 1. The predicted octanol–water partition coefficient (Wildman–Crippen LogP) is 1.27. The van der Waals surface area contributed by atoms with Crippen molar-refractivity contribution in [3.05, 3.63) is 47.7 Å². The van der Waals surface area contributed by atoms with Gasteiger partial charge in [-0.05, 0) is 11.6 Å². The maximum Gasteiger partial charge on any atom is 0.144 e. The van der Waals surface area contributed by atoms with Crippen LogP contribution in [0.2, 0.25) is 0 Å². The molecule has 0 atom stereocenters. The van der Waals surface area contributed by atoms with Gasteiger partial charge in [0.1, 0.15) is 6.29 Å². The van der Waals surface area contributed by atoms with Crippen LogP contribution in [0.1, 0.15) is 5.56 Å². The molecular weight excluding hydrogens is 150 g/mol. The molecule has 2 nitrogen and oxygen atoms in total. The van der Waals surface area contributed by atoms with Gasteiger partial charge in [0.2, 0.25) is 0 Å². The van der Waals surface area contributed by atoms with E-state index in [9.17, 15) is 4.79 Å². The van der Waals surface area contributed by atoms with E-state index in [-0.39, 0.29) is 0 Å². The quantitative estimate of drug-likeness (QED) is 0.536. The standard InChI is InChI=1S/C10H11NO/c11-10(6-7-12)8-9-4-2-1-3-5-9/h1-7H,8,11H2/b10-6-. The van der Waals surface area contributed by atoms with E-state index in [2.05, 4.69) is 0 Å². The predicted molar refractivity (Wildman–Crippen MR) is 48.5 cm³/mol. The Morgan fingerprint density at radius 3 is 2.58 bits per heavy atom. The van der Waals surface area contributed by atoms with Gasteiger partial charge < -0.3 is 5.73 Å². The Bertz CT molecular complexity index is 277. The van der Waals surface area contributed by atoms with Gasteiger partial charge in [0, 0.05) is 12.1 Å². The number of aldehydes is 1. The molecule has 2 N–H and O–H groups in total.